The van der Waals surface area contributed by atoms with E-state index in [9.17, 15) is 9.59 Å². The molecule has 27 heavy (non-hydrogen) atoms. The van der Waals surface area contributed by atoms with Crippen molar-refractivity contribution < 1.29 is 14.3 Å². The van der Waals surface area contributed by atoms with E-state index in [1.54, 1.807) is 36.4 Å². The van der Waals surface area contributed by atoms with Gasteiger partial charge < -0.3 is 4.74 Å². The number of ether oxygens (including phenoxy) is 1. The molecule has 0 aliphatic heterocycles. The molecule has 2 amide bonds. The van der Waals surface area contributed by atoms with Crippen molar-refractivity contribution >= 4 is 23.4 Å². The second-order valence-corrected chi connectivity index (χ2v) is 5.73. The molecular formula is C17H15ClN6O3. The molecule has 138 valence electrons. The van der Waals surface area contributed by atoms with E-state index in [0.717, 1.165) is 4.80 Å². The van der Waals surface area contributed by atoms with Crippen LogP contribution in [-0.2, 0) is 17.9 Å². The van der Waals surface area contributed by atoms with Gasteiger partial charge in [-0.3, -0.25) is 20.4 Å². The van der Waals surface area contributed by atoms with Gasteiger partial charge in [0, 0.05) is 0 Å². The first-order valence-corrected chi connectivity index (χ1v) is 8.28. The number of aromatic nitrogens is 4. The number of amides is 2. The average Bonchev–Trinajstić information content (AvgIpc) is 3.13. The summed E-state index contributed by atoms with van der Waals surface area (Å²) in [6, 6.07) is 15.7. The standard InChI is InChI=1S/C17H15ClN6O3/c18-14-9-5-4-8-13(14)17(26)21-20-16(25)10-24-22-15(19-23-24)11-27-12-6-2-1-3-7-12/h1-9H,10-11H2,(H,20,25)(H,21,26). The molecule has 1 heterocycles. The third-order valence-electron chi connectivity index (χ3n) is 3.32. The van der Waals surface area contributed by atoms with Gasteiger partial charge in [0.25, 0.3) is 11.8 Å². The topological polar surface area (TPSA) is 111 Å². The van der Waals surface area contributed by atoms with Crippen LogP contribution in [-0.4, -0.2) is 32.0 Å². The average molecular weight is 387 g/mol. The maximum atomic E-state index is 12.0. The first kappa shape index (κ1) is 18.3. The Morgan fingerprint density at radius 3 is 2.56 bits per heavy atom. The molecule has 0 saturated carbocycles. The first-order chi connectivity index (χ1) is 13.1. The molecule has 0 saturated heterocycles. The predicted octanol–water partition coefficient (Wildman–Crippen LogP) is 1.37. The molecule has 1 aromatic heterocycles. The number of carbonyl (C=O) groups is 2. The summed E-state index contributed by atoms with van der Waals surface area (Å²) >= 11 is 5.92. The maximum Gasteiger partial charge on any atom is 0.271 e. The molecule has 0 aliphatic rings. The number of hydrazine groups is 1. The van der Waals surface area contributed by atoms with Gasteiger partial charge in [0.1, 0.15) is 12.3 Å². The van der Waals surface area contributed by atoms with Crippen LogP contribution in [0, 0.1) is 0 Å². The number of nitrogens with zero attached hydrogens (tertiary/aromatic N) is 4. The quantitative estimate of drug-likeness (QED) is 0.619. The van der Waals surface area contributed by atoms with Crippen LogP contribution in [0.25, 0.3) is 0 Å². The Morgan fingerprint density at radius 1 is 1.04 bits per heavy atom. The zero-order chi connectivity index (χ0) is 19.1. The number of hydrogen-bond donors (Lipinski definition) is 2. The van der Waals surface area contributed by atoms with Crippen molar-refractivity contribution in [2.75, 3.05) is 0 Å². The predicted molar refractivity (Wildman–Crippen MR) is 95.7 cm³/mol. The van der Waals surface area contributed by atoms with Crippen molar-refractivity contribution in [1.29, 1.82) is 0 Å². The van der Waals surface area contributed by atoms with Crippen LogP contribution < -0.4 is 15.6 Å². The maximum absolute atomic E-state index is 12.0. The summed E-state index contributed by atoms with van der Waals surface area (Å²) in [4.78, 5) is 25.0. The van der Waals surface area contributed by atoms with E-state index in [2.05, 4.69) is 26.3 Å². The highest BCUT2D eigenvalue weighted by Gasteiger charge is 2.12. The van der Waals surface area contributed by atoms with Crippen LogP contribution in [0.5, 0.6) is 5.75 Å². The molecule has 0 fully saturated rings. The van der Waals surface area contributed by atoms with Crippen molar-refractivity contribution in [2.24, 2.45) is 0 Å². The largest absolute Gasteiger partial charge is 0.485 e. The number of para-hydroxylation sites is 1. The summed E-state index contributed by atoms with van der Waals surface area (Å²) in [6.45, 7) is -0.101. The van der Waals surface area contributed by atoms with Gasteiger partial charge in [-0.15, -0.1) is 10.2 Å². The van der Waals surface area contributed by atoms with Gasteiger partial charge in [0.05, 0.1) is 10.6 Å². The lowest BCUT2D eigenvalue weighted by Gasteiger charge is -2.07. The van der Waals surface area contributed by atoms with Crippen LogP contribution in [0.4, 0.5) is 0 Å². The van der Waals surface area contributed by atoms with Gasteiger partial charge in [0.2, 0.25) is 5.82 Å². The Kier molecular flexibility index (Phi) is 5.95. The SMILES string of the molecule is O=C(Cn1nnc(COc2ccccc2)n1)NNC(=O)c1ccccc1Cl. The Balaban J connectivity index is 1.46. The van der Waals surface area contributed by atoms with Gasteiger partial charge in [-0.1, -0.05) is 41.9 Å². The Hall–Kier alpha value is -3.46. The molecule has 0 spiro atoms. The molecule has 2 N–H and O–H groups in total. The zero-order valence-electron chi connectivity index (χ0n) is 14.0. The Morgan fingerprint density at radius 2 is 1.78 bits per heavy atom. The summed E-state index contributed by atoms with van der Waals surface area (Å²) in [6.07, 6.45) is 0. The first-order valence-electron chi connectivity index (χ1n) is 7.90. The summed E-state index contributed by atoms with van der Waals surface area (Å²) in [7, 11) is 0. The number of carbonyl (C=O) groups excluding carboxylic acids is 2. The second kappa shape index (κ2) is 8.77. The molecule has 0 radical (unpaired) electrons. The third kappa shape index (κ3) is 5.25. The number of halogens is 1. The molecule has 0 aliphatic carbocycles. The Bertz CT molecular complexity index is 931. The van der Waals surface area contributed by atoms with E-state index < -0.39 is 11.8 Å². The monoisotopic (exact) mass is 386 g/mol. The van der Waals surface area contributed by atoms with Crippen molar-refractivity contribution in [1.82, 2.24) is 31.1 Å². The second-order valence-electron chi connectivity index (χ2n) is 5.32. The van der Waals surface area contributed by atoms with Crippen LogP contribution in [0.3, 0.4) is 0 Å². The van der Waals surface area contributed by atoms with Gasteiger partial charge in [-0.05, 0) is 29.5 Å². The number of tetrazole rings is 1. The van der Waals surface area contributed by atoms with Crippen LogP contribution in [0.2, 0.25) is 5.02 Å². The molecule has 2 aromatic carbocycles. The zero-order valence-corrected chi connectivity index (χ0v) is 14.8. The summed E-state index contributed by atoms with van der Waals surface area (Å²) in [5.41, 5.74) is 4.79. The van der Waals surface area contributed by atoms with Crippen molar-refractivity contribution in [3.05, 3.63) is 71.0 Å². The van der Waals surface area contributed by atoms with Crippen LogP contribution >= 0.6 is 11.6 Å². The fraction of sp³-hybridized carbons (Fsp3) is 0.118. The van der Waals surface area contributed by atoms with Gasteiger partial charge in [-0.25, -0.2) is 0 Å². The molecule has 9 nitrogen and oxygen atoms in total. The highest BCUT2D eigenvalue weighted by Crippen LogP contribution is 2.14. The smallest absolute Gasteiger partial charge is 0.271 e. The lowest BCUT2D eigenvalue weighted by molar-refractivity contribution is -0.122. The van der Waals surface area contributed by atoms with Gasteiger partial charge in [-0.2, -0.15) is 4.80 Å². The number of rotatable bonds is 6. The van der Waals surface area contributed by atoms with Gasteiger partial charge in [0.15, 0.2) is 6.61 Å². The van der Waals surface area contributed by atoms with E-state index in [-0.39, 0.29) is 23.7 Å². The minimum Gasteiger partial charge on any atom is -0.485 e. The molecule has 0 atom stereocenters. The van der Waals surface area contributed by atoms with Crippen LogP contribution in [0.15, 0.2) is 54.6 Å². The molecular weight excluding hydrogens is 372 g/mol. The molecule has 10 heteroatoms. The molecule has 3 rings (SSSR count). The Labute approximate surface area is 159 Å². The number of benzene rings is 2. The number of nitrogens with one attached hydrogen (secondary N) is 2. The van der Waals surface area contributed by atoms with Crippen molar-refractivity contribution in [3.8, 4) is 5.75 Å². The molecule has 3 aromatic rings. The highest BCUT2D eigenvalue weighted by molar-refractivity contribution is 6.33. The normalized spacial score (nSPS) is 10.3. The fourth-order valence-electron chi connectivity index (χ4n) is 2.07. The number of hydrogen-bond acceptors (Lipinski definition) is 6. The van der Waals surface area contributed by atoms with Crippen LogP contribution in [0.1, 0.15) is 16.2 Å². The summed E-state index contributed by atoms with van der Waals surface area (Å²) in [5.74, 6) is -0.0542. The minimum absolute atomic E-state index is 0.120. The highest BCUT2D eigenvalue weighted by atomic mass is 35.5. The van der Waals surface area contributed by atoms with Crippen molar-refractivity contribution in [3.63, 3.8) is 0 Å². The minimum atomic E-state index is -0.530. The van der Waals surface area contributed by atoms with E-state index >= 15 is 0 Å². The van der Waals surface area contributed by atoms with Gasteiger partial charge >= 0.3 is 0 Å². The molecule has 0 bridgehead atoms. The van der Waals surface area contributed by atoms with E-state index in [1.165, 1.54) is 0 Å². The van der Waals surface area contributed by atoms with Crippen molar-refractivity contribution in [2.45, 2.75) is 13.2 Å². The summed E-state index contributed by atoms with van der Waals surface area (Å²) < 4.78 is 5.50. The lowest BCUT2D eigenvalue weighted by atomic mass is 10.2. The fourth-order valence-corrected chi connectivity index (χ4v) is 2.29. The third-order valence-corrected chi connectivity index (χ3v) is 3.65. The van der Waals surface area contributed by atoms with E-state index in [0.29, 0.717) is 11.6 Å². The molecule has 0 unspecified atom stereocenters. The lowest BCUT2D eigenvalue weighted by Crippen LogP contribution is -2.43. The van der Waals surface area contributed by atoms with E-state index in [1.807, 2.05) is 18.2 Å². The summed E-state index contributed by atoms with van der Waals surface area (Å²) in [5, 5.41) is 11.9. The van der Waals surface area contributed by atoms with E-state index in [4.69, 9.17) is 16.3 Å².